The third-order valence-electron chi connectivity index (χ3n) is 2.28. The summed E-state index contributed by atoms with van der Waals surface area (Å²) < 4.78 is 4.71. The number of rotatable bonds is 2. The number of carbonyl (C=O) groups excluding carboxylic acids is 1. The van der Waals surface area contributed by atoms with Crippen molar-refractivity contribution >= 4 is 17.6 Å². The van der Waals surface area contributed by atoms with E-state index in [4.69, 9.17) is 16.3 Å². The van der Waals surface area contributed by atoms with Crippen molar-refractivity contribution < 1.29 is 9.53 Å². The van der Waals surface area contributed by atoms with Gasteiger partial charge in [0.25, 0.3) is 0 Å². The minimum absolute atomic E-state index is 0.270. The molecule has 2 heterocycles. The number of hydrogen-bond donors (Lipinski definition) is 0. The molecule has 0 saturated carbocycles. The highest BCUT2D eigenvalue weighted by molar-refractivity contribution is 6.34. The van der Waals surface area contributed by atoms with E-state index in [9.17, 15) is 4.79 Å². The van der Waals surface area contributed by atoms with Gasteiger partial charge in [0, 0.05) is 30.4 Å². The Morgan fingerprint density at radius 3 is 2.59 bits per heavy atom. The summed E-state index contributed by atoms with van der Waals surface area (Å²) in [7, 11) is 1.31. The first-order chi connectivity index (χ1) is 8.24. The molecule has 0 spiro atoms. The molecule has 2 aromatic heterocycles. The maximum absolute atomic E-state index is 11.7. The van der Waals surface area contributed by atoms with Crippen molar-refractivity contribution in [1.82, 2.24) is 9.97 Å². The highest BCUT2D eigenvalue weighted by atomic mass is 35.5. The van der Waals surface area contributed by atoms with Gasteiger partial charge >= 0.3 is 5.97 Å². The average molecular weight is 249 g/mol. The van der Waals surface area contributed by atoms with Crippen LogP contribution in [-0.2, 0) is 4.74 Å². The average Bonchev–Trinajstić information content (AvgIpc) is 2.38. The normalized spacial score (nSPS) is 10.0. The summed E-state index contributed by atoms with van der Waals surface area (Å²) in [4.78, 5) is 19.6. The van der Waals surface area contributed by atoms with Gasteiger partial charge in [0.05, 0.1) is 17.7 Å². The van der Waals surface area contributed by atoms with E-state index in [0.29, 0.717) is 11.1 Å². The van der Waals surface area contributed by atoms with E-state index in [1.54, 1.807) is 30.7 Å². The monoisotopic (exact) mass is 248 g/mol. The van der Waals surface area contributed by atoms with Gasteiger partial charge in [0.15, 0.2) is 0 Å². The Kier molecular flexibility index (Phi) is 3.35. The van der Waals surface area contributed by atoms with Crippen molar-refractivity contribution in [2.24, 2.45) is 0 Å². The lowest BCUT2D eigenvalue weighted by Gasteiger charge is -2.08. The molecule has 0 fully saturated rings. The number of carbonyl (C=O) groups is 1. The topological polar surface area (TPSA) is 52.1 Å². The Labute approximate surface area is 103 Å². The standard InChI is InChI=1S/C12H9ClN2O2/c1-17-12(16)11-9(6-15-7-10(11)13)8-2-4-14-5-3-8/h2-7H,1H3. The molecule has 5 heteroatoms. The van der Waals surface area contributed by atoms with Crippen molar-refractivity contribution in [1.29, 1.82) is 0 Å². The zero-order valence-corrected chi connectivity index (χ0v) is 9.81. The smallest absolute Gasteiger partial charge is 0.340 e. The fourth-order valence-electron chi connectivity index (χ4n) is 1.49. The van der Waals surface area contributed by atoms with Gasteiger partial charge in [-0.15, -0.1) is 0 Å². The van der Waals surface area contributed by atoms with Crippen LogP contribution in [0.1, 0.15) is 10.4 Å². The summed E-state index contributed by atoms with van der Waals surface area (Å²) in [6.45, 7) is 0. The van der Waals surface area contributed by atoms with E-state index in [1.165, 1.54) is 13.3 Å². The summed E-state index contributed by atoms with van der Waals surface area (Å²) >= 11 is 5.97. The Morgan fingerprint density at radius 1 is 1.24 bits per heavy atom. The first kappa shape index (κ1) is 11.5. The molecule has 0 aliphatic rings. The van der Waals surface area contributed by atoms with Gasteiger partial charge in [-0.1, -0.05) is 11.6 Å². The second-order valence-corrected chi connectivity index (χ2v) is 3.68. The van der Waals surface area contributed by atoms with E-state index in [1.807, 2.05) is 0 Å². The molecule has 0 radical (unpaired) electrons. The van der Waals surface area contributed by atoms with Crippen LogP contribution in [0.25, 0.3) is 11.1 Å². The molecule has 2 rings (SSSR count). The molecule has 0 atom stereocenters. The Morgan fingerprint density at radius 2 is 1.94 bits per heavy atom. The van der Waals surface area contributed by atoms with Crippen LogP contribution < -0.4 is 0 Å². The lowest BCUT2D eigenvalue weighted by Crippen LogP contribution is -2.05. The van der Waals surface area contributed by atoms with Crippen LogP contribution in [0.15, 0.2) is 36.9 Å². The molecule has 0 aliphatic carbocycles. The summed E-state index contributed by atoms with van der Waals surface area (Å²) in [6, 6.07) is 3.56. The Bertz CT molecular complexity index is 543. The largest absolute Gasteiger partial charge is 0.465 e. The van der Waals surface area contributed by atoms with Crippen LogP contribution in [0.3, 0.4) is 0 Å². The molecule has 2 aromatic rings. The van der Waals surface area contributed by atoms with Crippen LogP contribution >= 0.6 is 11.6 Å². The third-order valence-corrected chi connectivity index (χ3v) is 2.57. The molecule has 0 aliphatic heterocycles. The molecular weight excluding hydrogens is 240 g/mol. The number of methoxy groups -OCH3 is 1. The first-order valence-corrected chi connectivity index (χ1v) is 5.24. The fraction of sp³-hybridized carbons (Fsp3) is 0.0833. The molecule has 0 unspecified atom stereocenters. The molecule has 0 N–H and O–H groups in total. The van der Waals surface area contributed by atoms with E-state index in [2.05, 4.69) is 9.97 Å². The predicted octanol–water partition coefficient (Wildman–Crippen LogP) is 2.58. The predicted molar refractivity (Wildman–Crippen MR) is 63.8 cm³/mol. The van der Waals surface area contributed by atoms with Gasteiger partial charge in [-0.25, -0.2) is 4.79 Å². The second kappa shape index (κ2) is 4.93. The summed E-state index contributed by atoms with van der Waals surface area (Å²) in [5.41, 5.74) is 1.76. The SMILES string of the molecule is COC(=O)c1c(Cl)cncc1-c1ccncc1. The molecule has 0 aromatic carbocycles. The van der Waals surface area contributed by atoms with Gasteiger partial charge in [-0.3, -0.25) is 9.97 Å². The first-order valence-electron chi connectivity index (χ1n) is 4.86. The lowest BCUT2D eigenvalue weighted by molar-refractivity contribution is 0.0601. The second-order valence-electron chi connectivity index (χ2n) is 3.27. The van der Waals surface area contributed by atoms with Gasteiger partial charge in [0.1, 0.15) is 0 Å². The lowest BCUT2D eigenvalue weighted by atomic mass is 10.0. The van der Waals surface area contributed by atoms with Crippen LogP contribution in [0, 0.1) is 0 Å². The zero-order valence-electron chi connectivity index (χ0n) is 9.05. The van der Waals surface area contributed by atoms with E-state index < -0.39 is 5.97 Å². The Hall–Kier alpha value is -1.94. The summed E-state index contributed by atoms with van der Waals surface area (Å²) in [5.74, 6) is -0.482. The molecule has 0 saturated heterocycles. The summed E-state index contributed by atoms with van der Waals surface area (Å²) in [6.07, 6.45) is 6.26. The number of pyridine rings is 2. The van der Waals surface area contributed by atoms with Crippen molar-refractivity contribution in [2.75, 3.05) is 7.11 Å². The van der Waals surface area contributed by atoms with E-state index in [0.717, 1.165) is 5.56 Å². The summed E-state index contributed by atoms with van der Waals surface area (Å²) in [5, 5.41) is 0.270. The van der Waals surface area contributed by atoms with Crippen molar-refractivity contribution in [3.63, 3.8) is 0 Å². The number of aromatic nitrogens is 2. The molecule has 17 heavy (non-hydrogen) atoms. The fourth-order valence-corrected chi connectivity index (χ4v) is 1.73. The minimum atomic E-state index is -0.482. The Balaban J connectivity index is 2.62. The number of hydrogen-bond acceptors (Lipinski definition) is 4. The van der Waals surface area contributed by atoms with Gasteiger partial charge in [-0.2, -0.15) is 0 Å². The maximum Gasteiger partial charge on any atom is 0.340 e. The van der Waals surface area contributed by atoms with Gasteiger partial charge in [-0.05, 0) is 17.7 Å². The number of esters is 1. The highest BCUT2D eigenvalue weighted by Crippen LogP contribution is 2.28. The van der Waals surface area contributed by atoms with Gasteiger partial charge < -0.3 is 4.74 Å². The zero-order chi connectivity index (χ0) is 12.3. The van der Waals surface area contributed by atoms with Crippen molar-refractivity contribution in [3.8, 4) is 11.1 Å². The molecule has 0 bridgehead atoms. The van der Waals surface area contributed by atoms with E-state index in [-0.39, 0.29) is 5.02 Å². The van der Waals surface area contributed by atoms with Crippen molar-refractivity contribution in [3.05, 3.63) is 47.5 Å². The molecule has 0 amide bonds. The number of ether oxygens (including phenoxy) is 1. The maximum atomic E-state index is 11.7. The molecule has 4 nitrogen and oxygen atoms in total. The van der Waals surface area contributed by atoms with Crippen LogP contribution in [0.4, 0.5) is 0 Å². The van der Waals surface area contributed by atoms with Crippen LogP contribution in [-0.4, -0.2) is 23.0 Å². The van der Waals surface area contributed by atoms with Crippen LogP contribution in [0.2, 0.25) is 5.02 Å². The minimum Gasteiger partial charge on any atom is -0.465 e. The number of halogens is 1. The quantitative estimate of drug-likeness (QED) is 0.767. The van der Waals surface area contributed by atoms with Crippen molar-refractivity contribution in [2.45, 2.75) is 0 Å². The molecule has 86 valence electrons. The highest BCUT2D eigenvalue weighted by Gasteiger charge is 2.17. The van der Waals surface area contributed by atoms with E-state index >= 15 is 0 Å². The number of nitrogens with zero attached hydrogens (tertiary/aromatic N) is 2. The third kappa shape index (κ3) is 2.26. The van der Waals surface area contributed by atoms with Crippen LogP contribution in [0.5, 0.6) is 0 Å². The van der Waals surface area contributed by atoms with Gasteiger partial charge in [0.2, 0.25) is 0 Å². The molecular formula is C12H9ClN2O2.